The monoisotopic (exact) mass is 312 g/mol. The zero-order valence-electron chi connectivity index (χ0n) is 14.7. The molecule has 1 aromatic carbocycles. The first-order chi connectivity index (χ1) is 11.3. The van der Waals surface area contributed by atoms with Crippen LogP contribution >= 0.6 is 0 Å². The molecule has 0 amide bonds. The highest BCUT2D eigenvalue weighted by Crippen LogP contribution is 2.36. The van der Waals surface area contributed by atoms with Crippen LogP contribution in [0.15, 0.2) is 49.1 Å². The van der Waals surface area contributed by atoms with Gasteiger partial charge in [0.05, 0.1) is 13.2 Å². The minimum Gasteiger partial charge on any atom is -0.376 e. The predicted molar refractivity (Wildman–Crippen MR) is 99.7 cm³/mol. The fraction of sp³-hybridized carbons (Fsp3) is 0.545. The molecule has 0 spiro atoms. The van der Waals surface area contributed by atoms with Gasteiger partial charge in [0.15, 0.2) is 0 Å². The maximum Gasteiger partial charge on any atom is 0.0717 e. The fourth-order valence-corrected chi connectivity index (χ4v) is 3.34. The predicted octanol–water partition coefficient (Wildman–Crippen LogP) is 6.41. The Bertz CT molecular complexity index is 463. The van der Waals surface area contributed by atoms with Crippen molar-refractivity contribution in [3.8, 4) is 0 Å². The minimum atomic E-state index is 0.711. The summed E-state index contributed by atoms with van der Waals surface area (Å²) in [6.45, 7) is 7.43. The number of ether oxygens (including phenoxy) is 1. The number of hydrogen-bond acceptors (Lipinski definition) is 1. The Labute approximate surface area is 142 Å². The van der Waals surface area contributed by atoms with Gasteiger partial charge in [0, 0.05) is 0 Å². The summed E-state index contributed by atoms with van der Waals surface area (Å²) >= 11 is 0. The first-order valence-corrected chi connectivity index (χ1v) is 9.27. The maximum absolute atomic E-state index is 5.63. The van der Waals surface area contributed by atoms with E-state index < -0.39 is 0 Å². The SMILES string of the molecule is C=CCCOCc1ccc(C2CCC(C=CCCC)CC2)cc1. The van der Waals surface area contributed by atoms with E-state index in [1.54, 1.807) is 0 Å². The van der Waals surface area contributed by atoms with E-state index in [-0.39, 0.29) is 0 Å². The lowest BCUT2D eigenvalue weighted by Gasteiger charge is -2.27. The number of allylic oxidation sites excluding steroid dienone is 2. The van der Waals surface area contributed by atoms with E-state index in [1.165, 1.54) is 49.7 Å². The third kappa shape index (κ3) is 6.35. The van der Waals surface area contributed by atoms with E-state index in [1.807, 2.05) is 6.08 Å². The smallest absolute Gasteiger partial charge is 0.0717 e. The molecule has 1 saturated carbocycles. The van der Waals surface area contributed by atoms with Gasteiger partial charge in [-0.2, -0.15) is 0 Å². The van der Waals surface area contributed by atoms with Gasteiger partial charge in [-0.1, -0.05) is 55.8 Å². The van der Waals surface area contributed by atoms with Crippen molar-refractivity contribution < 1.29 is 4.74 Å². The van der Waals surface area contributed by atoms with Gasteiger partial charge in [-0.05, 0) is 61.5 Å². The van der Waals surface area contributed by atoms with Crippen molar-refractivity contribution in [3.05, 3.63) is 60.2 Å². The Morgan fingerprint density at radius 3 is 2.48 bits per heavy atom. The van der Waals surface area contributed by atoms with Crippen LogP contribution < -0.4 is 0 Å². The Kier molecular flexibility index (Phi) is 8.17. The second-order valence-corrected chi connectivity index (χ2v) is 6.70. The Morgan fingerprint density at radius 2 is 1.83 bits per heavy atom. The molecule has 0 bridgehead atoms. The number of unbranched alkanes of at least 4 members (excludes halogenated alkanes) is 1. The van der Waals surface area contributed by atoms with Crippen molar-refractivity contribution in [2.24, 2.45) is 5.92 Å². The van der Waals surface area contributed by atoms with E-state index in [0.717, 1.165) is 24.9 Å². The molecule has 23 heavy (non-hydrogen) atoms. The first kappa shape index (κ1) is 18.0. The minimum absolute atomic E-state index is 0.711. The Balaban J connectivity index is 1.76. The van der Waals surface area contributed by atoms with E-state index in [4.69, 9.17) is 4.74 Å². The van der Waals surface area contributed by atoms with Gasteiger partial charge in [-0.15, -0.1) is 6.58 Å². The molecular formula is C22H32O. The lowest BCUT2D eigenvalue weighted by molar-refractivity contribution is 0.125. The maximum atomic E-state index is 5.63. The molecule has 0 unspecified atom stereocenters. The van der Waals surface area contributed by atoms with Crippen molar-refractivity contribution in [3.63, 3.8) is 0 Å². The summed E-state index contributed by atoms with van der Waals surface area (Å²) in [6, 6.07) is 9.08. The molecule has 126 valence electrons. The molecule has 0 N–H and O–H groups in total. The summed E-state index contributed by atoms with van der Waals surface area (Å²) in [6.07, 6.45) is 15.5. The second kappa shape index (κ2) is 10.4. The summed E-state index contributed by atoms with van der Waals surface area (Å²) in [4.78, 5) is 0. The normalized spacial score (nSPS) is 21.6. The van der Waals surface area contributed by atoms with E-state index in [0.29, 0.717) is 6.61 Å². The molecule has 0 atom stereocenters. The second-order valence-electron chi connectivity index (χ2n) is 6.70. The lowest BCUT2D eigenvalue weighted by atomic mass is 9.78. The van der Waals surface area contributed by atoms with Gasteiger partial charge in [-0.25, -0.2) is 0 Å². The average molecular weight is 312 g/mol. The van der Waals surface area contributed by atoms with Crippen molar-refractivity contribution >= 4 is 0 Å². The number of hydrogen-bond donors (Lipinski definition) is 0. The van der Waals surface area contributed by atoms with Gasteiger partial charge in [-0.3, -0.25) is 0 Å². The molecule has 1 heteroatoms. The quantitative estimate of drug-likeness (QED) is 0.378. The number of rotatable bonds is 9. The first-order valence-electron chi connectivity index (χ1n) is 9.27. The topological polar surface area (TPSA) is 9.23 Å². The zero-order valence-corrected chi connectivity index (χ0v) is 14.7. The van der Waals surface area contributed by atoms with Gasteiger partial charge < -0.3 is 4.74 Å². The zero-order chi connectivity index (χ0) is 16.3. The highest BCUT2D eigenvalue weighted by molar-refractivity contribution is 5.25. The summed E-state index contributed by atoms with van der Waals surface area (Å²) in [7, 11) is 0. The fourth-order valence-electron chi connectivity index (χ4n) is 3.34. The standard InChI is InChI=1S/C22H32O/c1-3-5-7-8-19-9-13-21(14-10-19)22-15-11-20(12-16-22)18-23-17-6-4-2/h4,7-8,11-12,15-16,19,21H,2-3,5-6,9-10,13-14,17-18H2,1H3. The van der Waals surface area contributed by atoms with Crippen LogP contribution in [0.5, 0.6) is 0 Å². The van der Waals surface area contributed by atoms with Crippen LogP contribution in [0.3, 0.4) is 0 Å². The summed E-state index contributed by atoms with van der Waals surface area (Å²) < 4.78 is 5.63. The van der Waals surface area contributed by atoms with Crippen LogP contribution in [0, 0.1) is 5.92 Å². The summed E-state index contributed by atoms with van der Waals surface area (Å²) in [5.74, 6) is 1.57. The lowest BCUT2D eigenvalue weighted by Crippen LogP contribution is -2.11. The summed E-state index contributed by atoms with van der Waals surface area (Å²) in [5.41, 5.74) is 2.78. The van der Waals surface area contributed by atoms with E-state index in [2.05, 4.69) is 49.9 Å². The van der Waals surface area contributed by atoms with Crippen LogP contribution in [0.25, 0.3) is 0 Å². The molecule has 0 radical (unpaired) electrons. The van der Waals surface area contributed by atoms with Gasteiger partial charge >= 0.3 is 0 Å². The molecule has 1 aromatic rings. The molecular weight excluding hydrogens is 280 g/mol. The largest absolute Gasteiger partial charge is 0.376 e. The molecule has 1 aliphatic carbocycles. The molecule has 0 heterocycles. The van der Waals surface area contributed by atoms with Crippen LogP contribution in [0.4, 0.5) is 0 Å². The van der Waals surface area contributed by atoms with Crippen molar-refractivity contribution in [2.75, 3.05) is 6.61 Å². The average Bonchev–Trinajstić information content (AvgIpc) is 2.60. The van der Waals surface area contributed by atoms with Gasteiger partial charge in [0.1, 0.15) is 0 Å². The molecule has 1 aliphatic rings. The molecule has 0 saturated heterocycles. The molecule has 0 aromatic heterocycles. The van der Waals surface area contributed by atoms with E-state index in [9.17, 15) is 0 Å². The van der Waals surface area contributed by atoms with E-state index >= 15 is 0 Å². The van der Waals surface area contributed by atoms with Gasteiger partial charge in [0.25, 0.3) is 0 Å². The molecule has 2 rings (SSSR count). The van der Waals surface area contributed by atoms with Crippen LogP contribution in [0.2, 0.25) is 0 Å². The van der Waals surface area contributed by atoms with Crippen LogP contribution in [-0.4, -0.2) is 6.61 Å². The molecule has 1 nitrogen and oxygen atoms in total. The summed E-state index contributed by atoms with van der Waals surface area (Å²) in [5, 5.41) is 0. The van der Waals surface area contributed by atoms with Crippen molar-refractivity contribution in [1.82, 2.24) is 0 Å². The van der Waals surface area contributed by atoms with Crippen molar-refractivity contribution in [1.29, 1.82) is 0 Å². The van der Waals surface area contributed by atoms with Crippen LogP contribution in [-0.2, 0) is 11.3 Å². The Morgan fingerprint density at radius 1 is 1.09 bits per heavy atom. The Hall–Kier alpha value is -1.34. The number of benzene rings is 1. The van der Waals surface area contributed by atoms with Crippen molar-refractivity contribution in [2.45, 2.75) is 64.4 Å². The highest BCUT2D eigenvalue weighted by atomic mass is 16.5. The third-order valence-electron chi connectivity index (χ3n) is 4.82. The third-order valence-corrected chi connectivity index (χ3v) is 4.82. The van der Waals surface area contributed by atoms with Gasteiger partial charge in [0.2, 0.25) is 0 Å². The molecule has 0 aliphatic heterocycles. The highest BCUT2D eigenvalue weighted by Gasteiger charge is 2.20. The molecule has 1 fully saturated rings. The van der Waals surface area contributed by atoms with Crippen LogP contribution in [0.1, 0.15) is 68.9 Å².